The van der Waals surface area contributed by atoms with E-state index in [1.165, 1.54) is 45.3 Å². The molecule has 0 spiro atoms. The number of aromatic nitrogens is 1. The molecule has 1 aromatic rings. The maximum absolute atomic E-state index is 4.26. The molecule has 1 aliphatic heterocycles. The molecule has 0 amide bonds. The van der Waals surface area contributed by atoms with Gasteiger partial charge in [0.2, 0.25) is 0 Å². The van der Waals surface area contributed by atoms with Crippen molar-refractivity contribution in [2.24, 2.45) is 4.99 Å². The number of unbranched alkanes of at least 4 members (excludes halogenated alkanes) is 1. The van der Waals surface area contributed by atoms with Gasteiger partial charge in [-0.25, -0.2) is 0 Å². The standard InChI is InChI=1S/C16H29N5/c1-17-16(19-9-15-21-13-6-7-14-21)18-8-2-3-10-20-11-4-5-12-20/h6-7,13-14H,2-5,8-12,15H2,1H3,(H2,17,18,19). The topological polar surface area (TPSA) is 44.6 Å². The molecule has 21 heavy (non-hydrogen) atoms. The molecule has 2 N–H and O–H groups in total. The molecular weight excluding hydrogens is 262 g/mol. The van der Waals surface area contributed by atoms with E-state index in [-0.39, 0.29) is 0 Å². The van der Waals surface area contributed by atoms with E-state index in [0.717, 1.165) is 25.6 Å². The predicted molar refractivity (Wildman–Crippen MR) is 88.7 cm³/mol. The van der Waals surface area contributed by atoms with Gasteiger partial charge in [-0.15, -0.1) is 0 Å². The molecule has 1 aromatic heterocycles. The summed E-state index contributed by atoms with van der Waals surface area (Å²) in [5.41, 5.74) is 0. The third-order valence-corrected chi connectivity index (χ3v) is 3.94. The molecule has 1 aliphatic rings. The Kier molecular flexibility index (Phi) is 7.15. The largest absolute Gasteiger partial charge is 0.356 e. The number of nitrogens with one attached hydrogen (secondary N) is 2. The first-order chi connectivity index (χ1) is 10.4. The molecular formula is C16H29N5. The molecule has 5 nitrogen and oxygen atoms in total. The van der Waals surface area contributed by atoms with Gasteiger partial charge in [-0.05, 0) is 57.5 Å². The van der Waals surface area contributed by atoms with E-state index in [0.29, 0.717) is 0 Å². The highest BCUT2D eigenvalue weighted by Gasteiger charge is 2.09. The van der Waals surface area contributed by atoms with Crippen LogP contribution in [0.3, 0.4) is 0 Å². The molecule has 0 aliphatic carbocycles. The van der Waals surface area contributed by atoms with Crippen LogP contribution >= 0.6 is 0 Å². The fourth-order valence-electron chi connectivity index (χ4n) is 2.72. The van der Waals surface area contributed by atoms with Crippen molar-refractivity contribution in [3.05, 3.63) is 24.5 Å². The monoisotopic (exact) mass is 291 g/mol. The van der Waals surface area contributed by atoms with Crippen LogP contribution in [-0.2, 0) is 6.54 Å². The highest BCUT2D eigenvalue weighted by atomic mass is 15.2. The van der Waals surface area contributed by atoms with E-state index < -0.39 is 0 Å². The Balaban J connectivity index is 1.49. The minimum Gasteiger partial charge on any atom is -0.356 e. The lowest BCUT2D eigenvalue weighted by atomic mass is 10.3. The van der Waals surface area contributed by atoms with Crippen LogP contribution in [-0.4, -0.2) is 55.2 Å². The van der Waals surface area contributed by atoms with Gasteiger partial charge in [-0.3, -0.25) is 4.99 Å². The summed E-state index contributed by atoms with van der Waals surface area (Å²) in [6, 6.07) is 4.10. The Morgan fingerprint density at radius 1 is 1.00 bits per heavy atom. The van der Waals surface area contributed by atoms with Crippen LogP contribution in [0.1, 0.15) is 25.7 Å². The Bertz CT molecular complexity index is 393. The third kappa shape index (κ3) is 6.21. The zero-order valence-corrected chi connectivity index (χ0v) is 13.2. The molecule has 1 saturated heterocycles. The fraction of sp³-hybridized carbons (Fsp3) is 0.688. The Labute approximate surface area is 128 Å². The van der Waals surface area contributed by atoms with Gasteiger partial charge in [0.25, 0.3) is 0 Å². The van der Waals surface area contributed by atoms with Crippen LogP contribution in [0, 0.1) is 0 Å². The van der Waals surface area contributed by atoms with Crippen LogP contribution in [0.4, 0.5) is 0 Å². The van der Waals surface area contributed by atoms with Gasteiger partial charge in [0.15, 0.2) is 5.96 Å². The zero-order chi connectivity index (χ0) is 14.8. The first-order valence-corrected chi connectivity index (χ1v) is 8.16. The minimum absolute atomic E-state index is 0.891. The molecule has 0 unspecified atom stereocenters. The summed E-state index contributed by atoms with van der Waals surface area (Å²) >= 11 is 0. The van der Waals surface area contributed by atoms with E-state index in [1.54, 1.807) is 0 Å². The van der Waals surface area contributed by atoms with Crippen molar-refractivity contribution in [3.8, 4) is 0 Å². The minimum atomic E-state index is 0.891. The second-order valence-corrected chi connectivity index (χ2v) is 5.60. The highest BCUT2D eigenvalue weighted by molar-refractivity contribution is 5.79. The van der Waals surface area contributed by atoms with Gasteiger partial charge < -0.3 is 20.1 Å². The number of guanidine groups is 1. The summed E-state index contributed by atoms with van der Waals surface area (Å²) in [6.45, 7) is 6.70. The van der Waals surface area contributed by atoms with E-state index in [2.05, 4.69) is 37.5 Å². The van der Waals surface area contributed by atoms with E-state index >= 15 is 0 Å². The lowest BCUT2D eigenvalue weighted by Crippen LogP contribution is -2.39. The lowest BCUT2D eigenvalue weighted by molar-refractivity contribution is 0.330. The Hall–Kier alpha value is -1.49. The predicted octanol–water partition coefficient (Wildman–Crippen LogP) is 1.53. The van der Waals surface area contributed by atoms with E-state index in [1.807, 2.05) is 19.2 Å². The van der Waals surface area contributed by atoms with Crippen molar-refractivity contribution in [1.82, 2.24) is 20.1 Å². The molecule has 5 heteroatoms. The van der Waals surface area contributed by atoms with Crippen molar-refractivity contribution >= 4 is 5.96 Å². The normalized spacial score (nSPS) is 16.3. The van der Waals surface area contributed by atoms with E-state index in [4.69, 9.17) is 0 Å². The summed E-state index contributed by atoms with van der Waals surface area (Å²) in [5, 5.41) is 6.73. The third-order valence-electron chi connectivity index (χ3n) is 3.94. The average molecular weight is 291 g/mol. The van der Waals surface area contributed by atoms with Crippen LogP contribution in [0.25, 0.3) is 0 Å². The zero-order valence-electron chi connectivity index (χ0n) is 13.2. The van der Waals surface area contributed by atoms with Gasteiger partial charge in [0.1, 0.15) is 0 Å². The maximum atomic E-state index is 4.26. The van der Waals surface area contributed by atoms with Crippen molar-refractivity contribution in [3.63, 3.8) is 0 Å². The first-order valence-electron chi connectivity index (χ1n) is 8.16. The number of hydrogen-bond acceptors (Lipinski definition) is 2. The average Bonchev–Trinajstić information content (AvgIpc) is 3.18. The Morgan fingerprint density at radius 3 is 2.43 bits per heavy atom. The van der Waals surface area contributed by atoms with Crippen molar-refractivity contribution in [1.29, 1.82) is 0 Å². The van der Waals surface area contributed by atoms with Gasteiger partial charge >= 0.3 is 0 Å². The molecule has 0 saturated carbocycles. The summed E-state index contributed by atoms with van der Waals surface area (Å²) in [4.78, 5) is 6.83. The van der Waals surface area contributed by atoms with Gasteiger partial charge in [0.05, 0.1) is 0 Å². The smallest absolute Gasteiger partial charge is 0.191 e. The van der Waals surface area contributed by atoms with Crippen molar-refractivity contribution < 1.29 is 0 Å². The van der Waals surface area contributed by atoms with Crippen LogP contribution in [0.5, 0.6) is 0 Å². The van der Waals surface area contributed by atoms with Gasteiger partial charge in [0, 0.05) is 39.1 Å². The second-order valence-electron chi connectivity index (χ2n) is 5.60. The molecule has 0 radical (unpaired) electrons. The van der Waals surface area contributed by atoms with Crippen LogP contribution in [0.15, 0.2) is 29.5 Å². The van der Waals surface area contributed by atoms with Crippen LogP contribution in [0.2, 0.25) is 0 Å². The summed E-state index contributed by atoms with van der Waals surface area (Å²) in [7, 11) is 1.83. The van der Waals surface area contributed by atoms with Crippen molar-refractivity contribution in [2.75, 3.05) is 39.8 Å². The molecule has 118 valence electrons. The molecule has 0 bridgehead atoms. The molecule has 2 rings (SSSR count). The van der Waals surface area contributed by atoms with Gasteiger partial charge in [-0.2, -0.15) is 0 Å². The molecule has 1 fully saturated rings. The number of rotatable bonds is 8. The van der Waals surface area contributed by atoms with Gasteiger partial charge in [-0.1, -0.05) is 0 Å². The maximum Gasteiger partial charge on any atom is 0.191 e. The lowest BCUT2D eigenvalue weighted by Gasteiger charge is -2.15. The summed E-state index contributed by atoms with van der Waals surface area (Å²) in [5.74, 6) is 0.906. The SMILES string of the molecule is CN=C(NCCCCN1CCCC1)NCCn1cccc1. The number of nitrogens with zero attached hydrogens (tertiary/aromatic N) is 3. The summed E-state index contributed by atoms with van der Waals surface area (Å²) < 4.78 is 2.16. The van der Waals surface area contributed by atoms with Crippen LogP contribution < -0.4 is 10.6 Å². The molecule has 0 aromatic carbocycles. The number of aliphatic imine (C=N–C) groups is 1. The number of hydrogen-bond donors (Lipinski definition) is 2. The Morgan fingerprint density at radius 2 is 1.71 bits per heavy atom. The van der Waals surface area contributed by atoms with Crippen molar-refractivity contribution in [2.45, 2.75) is 32.2 Å². The first kappa shape index (κ1) is 15.9. The fourth-order valence-corrected chi connectivity index (χ4v) is 2.72. The number of likely N-dealkylation sites (tertiary alicyclic amines) is 1. The van der Waals surface area contributed by atoms with E-state index in [9.17, 15) is 0 Å². The highest BCUT2D eigenvalue weighted by Crippen LogP contribution is 2.07. The second kappa shape index (κ2) is 9.45. The molecule has 0 atom stereocenters. The molecule has 2 heterocycles. The quantitative estimate of drug-likeness (QED) is 0.434. The summed E-state index contributed by atoms with van der Waals surface area (Å²) in [6.07, 6.45) is 9.40.